The third kappa shape index (κ3) is 2.36. The van der Waals surface area contributed by atoms with Gasteiger partial charge in [0, 0.05) is 6.54 Å². The van der Waals surface area contributed by atoms with Crippen LogP contribution in [0.5, 0.6) is 11.5 Å². The molecular formula is C15H18ClNO2. The summed E-state index contributed by atoms with van der Waals surface area (Å²) in [4.78, 5) is 0. The van der Waals surface area contributed by atoms with E-state index in [4.69, 9.17) is 9.47 Å². The minimum atomic E-state index is 0. The second kappa shape index (κ2) is 5.68. The molecule has 19 heavy (non-hydrogen) atoms. The summed E-state index contributed by atoms with van der Waals surface area (Å²) in [6.07, 6.45) is 1.10. The van der Waals surface area contributed by atoms with Crippen LogP contribution in [0.25, 0.3) is 10.8 Å². The van der Waals surface area contributed by atoms with Crippen LogP contribution >= 0.6 is 12.4 Å². The van der Waals surface area contributed by atoms with Gasteiger partial charge in [-0.15, -0.1) is 12.4 Å². The quantitative estimate of drug-likeness (QED) is 0.917. The number of fused-ring (bicyclic) bond motifs is 3. The van der Waals surface area contributed by atoms with Gasteiger partial charge in [0.25, 0.3) is 0 Å². The van der Waals surface area contributed by atoms with Gasteiger partial charge < -0.3 is 14.8 Å². The van der Waals surface area contributed by atoms with E-state index >= 15 is 0 Å². The van der Waals surface area contributed by atoms with Crippen molar-refractivity contribution in [2.75, 3.05) is 20.8 Å². The van der Waals surface area contributed by atoms with E-state index in [2.05, 4.69) is 23.5 Å². The van der Waals surface area contributed by atoms with Crippen LogP contribution in [0.3, 0.4) is 0 Å². The maximum absolute atomic E-state index is 5.39. The van der Waals surface area contributed by atoms with Gasteiger partial charge in [-0.3, -0.25) is 0 Å². The Bertz CT molecular complexity index is 598. The second-order valence-electron chi connectivity index (χ2n) is 4.56. The topological polar surface area (TPSA) is 30.5 Å². The van der Waals surface area contributed by atoms with Crippen LogP contribution in [0.4, 0.5) is 0 Å². The number of benzene rings is 2. The van der Waals surface area contributed by atoms with Crippen molar-refractivity contribution in [2.45, 2.75) is 13.0 Å². The molecule has 2 aromatic rings. The molecule has 0 radical (unpaired) electrons. The monoisotopic (exact) mass is 279 g/mol. The Kier molecular flexibility index (Phi) is 4.17. The van der Waals surface area contributed by atoms with E-state index in [1.54, 1.807) is 14.2 Å². The number of halogens is 1. The molecule has 0 saturated heterocycles. The molecule has 0 amide bonds. The van der Waals surface area contributed by atoms with Crippen molar-refractivity contribution in [3.05, 3.63) is 35.4 Å². The number of hydrogen-bond donors (Lipinski definition) is 1. The van der Waals surface area contributed by atoms with Crippen LogP contribution in [-0.2, 0) is 13.0 Å². The van der Waals surface area contributed by atoms with E-state index in [1.165, 1.54) is 21.9 Å². The first-order chi connectivity index (χ1) is 8.83. The zero-order valence-electron chi connectivity index (χ0n) is 11.2. The maximum atomic E-state index is 5.39. The van der Waals surface area contributed by atoms with Gasteiger partial charge >= 0.3 is 0 Å². The normalized spacial score (nSPS) is 13.6. The molecule has 0 saturated carbocycles. The molecule has 1 aliphatic heterocycles. The first-order valence-electron chi connectivity index (χ1n) is 6.20. The summed E-state index contributed by atoms with van der Waals surface area (Å²) < 4.78 is 10.7. The molecule has 102 valence electrons. The molecule has 0 fully saturated rings. The van der Waals surface area contributed by atoms with Crippen LogP contribution < -0.4 is 14.8 Å². The average molecular weight is 280 g/mol. The third-order valence-electron chi connectivity index (χ3n) is 3.61. The first kappa shape index (κ1) is 14.0. The van der Waals surface area contributed by atoms with Crippen molar-refractivity contribution < 1.29 is 9.47 Å². The second-order valence-corrected chi connectivity index (χ2v) is 4.56. The number of nitrogens with one attached hydrogen (secondary N) is 1. The summed E-state index contributed by atoms with van der Waals surface area (Å²) in [5.74, 6) is 1.58. The fourth-order valence-electron chi connectivity index (χ4n) is 2.64. The highest BCUT2D eigenvalue weighted by atomic mass is 35.5. The lowest BCUT2D eigenvalue weighted by Crippen LogP contribution is -2.23. The van der Waals surface area contributed by atoms with Gasteiger partial charge in [0.05, 0.1) is 14.2 Å². The van der Waals surface area contributed by atoms with E-state index in [0.717, 1.165) is 31.0 Å². The largest absolute Gasteiger partial charge is 0.493 e. The Labute approximate surface area is 119 Å². The van der Waals surface area contributed by atoms with Gasteiger partial charge in [-0.1, -0.05) is 12.1 Å². The number of methoxy groups -OCH3 is 2. The molecule has 0 bridgehead atoms. The number of rotatable bonds is 2. The highest BCUT2D eigenvalue weighted by Gasteiger charge is 2.14. The Morgan fingerprint density at radius 1 is 1.05 bits per heavy atom. The van der Waals surface area contributed by atoms with Crippen LogP contribution in [0.1, 0.15) is 11.1 Å². The van der Waals surface area contributed by atoms with E-state index < -0.39 is 0 Å². The van der Waals surface area contributed by atoms with E-state index in [1.807, 2.05) is 6.07 Å². The lowest BCUT2D eigenvalue weighted by molar-refractivity contribution is 0.356. The smallest absolute Gasteiger partial charge is 0.161 e. The lowest BCUT2D eigenvalue weighted by atomic mass is 9.94. The van der Waals surface area contributed by atoms with Crippen LogP contribution in [0.15, 0.2) is 24.3 Å². The summed E-state index contributed by atoms with van der Waals surface area (Å²) >= 11 is 0. The van der Waals surface area contributed by atoms with Crippen molar-refractivity contribution in [1.82, 2.24) is 5.32 Å². The molecule has 0 unspecified atom stereocenters. The van der Waals surface area contributed by atoms with E-state index in [9.17, 15) is 0 Å². The standard InChI is InChI=1S/C15H17NO2.ClH/c1-17-14-7-11-4-3-10-5-6-16-9-13(10)12(11)8-15(14)18-2;/h3-4,7-8,16H,5-6,9H2,1-2H3;1H. The number of ether oxygens (including phenoxy) is 2. The van der Waals surface area contributed by atoms with Gasteiger partial charge in [-0.2, -0.15) is 0 Å². The van der Waals surface area contributed by atoms with Crippen LogP contribution in [0, 0.1) is 0 Å². The summed E-state index contributed by atoms with van der Waals surface area (Å²) in [5, 5.41) is 5.89. The fraction of sp³-hybridized carbons (Fsp3) is 0.333. The van der Waals surface area contributed by atoms with Gasteiger partial charge in [0.2, 0.25) is 0 Å². The Morgan fingerprint density at radius 3 is 2.53 bits per heavy atom. The summed E-state index contributed by atoms with van der Waals surface area (Å²) in [7, 11) is 3.35. The van der Waals surface area contributed by atoms with Crippen molar-refractivity contribution in [1.29, 1.82) is 0 Å². The molecule has 3 nitrogen and oxygen atoms in total. The SMILES string of the molecule is COc1cc2ccc3c(c2cc1OC)CNCC3.Cl. The molecular weight excluding hydrogens is 262 g/mol. The predicted molar refractivity (Wildman–Crippen MR) is 79.7 cm³/mol. The van der Waals surface area contributed by atoms with E-state index in [-0.39, 0.29) is 12.4 Å². The Balaban J connectivity index is 0.00000133. The zero-order valence-corrected chi connectivity index (χ0v) is 12.0. The minimum absolute atomic E-state index is 0. The molecule has 1 aliphatic rings. The maximum Gasteiger partial charge on any atom is 0.161 e. The summed E-state index contributed by atoms with van der Waals surface area (Å²) in [5.41, 5.74) is 2.83. The zero-order chi connectivity index (χ0) is 12.5. The van der Waals surface area contributed by atoms with Gasteiger partial charge in [-0.25, -0.2) is 0 Å². The number of hydrogen-bond acceptors (Lipinski definition) is 3. The highest BCUT2D eigenvalue weighted by Crippen LogP contribution is 2.35. The van der Waals surface area contributed by atoms with Crippen molar-refractivity contribution in [3.8, 4) is 11.5 Å². The van der Waals surface area contributed by atoms with E-state index in [0.29, 0.717) is 0 Å². The summed E-state index contributed by atoms with van der Waals surface area (Å²) in [6, 6.07) is 8.52. The highest BCUT2D eigenvalue weighted by molar-refractivity contribution is 5.90. The Hall–Kier alpha value is -1.45. The van der Waals surface area contributed by atoms with Gasteiger partial charge in [0.15, 0.2) is 11.5 Å². The van der Waals surface area contributed by atoms with Gasteiger partial charge in [0.1, 0.15) is 0 Å². The van der Waals surface area contributed by atoms with Crippen molar-refractivity contribution in [2.24, 2.45) is 0 Å². The molecule has 3 rings (SSSR count). The fourth-order valence-corrected chi connectivity index (χ4v) is 2.64. The average Bonchev–Trinajstić information content (AvgIpc) is 2.45. The molecule has 1 heterocycles. The molecule has 4 heteroatoms. The molecule has 0 aromatic heterocycles. The van der Waals surface area contributed by atoms with Gasteiger partial charge in [-0.05, 0) is 47.0 Å². The molecule has 2 aromatic carbocycles. The van der Waals surface area contributed by atoms with Crippen molar-refractivity contribution >= 4 is 23.2 Å². The van der Waals surface area contributed by atoms with Crippen LogP contribution in [0.2, 0.25) is 0 Å². The van der Waals surface area contributed by atoms with Crippen molar-refractivity contribution in [3.63, 3.8) is 0 Å². The Morgan fingerprint density at radius 2 is 1.79 bits per heavy atom. The third-order valence-corrected chi connectivity index (χ3v) is 3.61. The summed E-state index contributed by atoms with van der Waals surface area (Å²) in [6.45, 7) is 1.99. The molecule has 0 aliphatic carbocycles. The van der Waals surface area contributed by atoms with Crippen LogP contribution in [-0.4, -0.2) is 20.8 Å². The lowest BCUT2D eigenvalue weighted by Gasteiger charge is -2.20. The molecule has 0 spiro atoms. The molecule has 1 N–H and O–H groups in total. The first-order valence-corrected chi connectivity index (χ1v) is 6.20. The minimum Gasteiger partial charge on any atom is -0.493 e. The molecule has 0 atom stereocenters. The predicted octanol–water partition coefficient (Wildman–Crippen LogP) is 2.92.